The van der Waals surface area contributed by atoms with E-state index in [-0.39, 0.29) is 13.2 Å². The van der Waals surface area contributed by atoms with Gasteiger partial charge in [-0.2, -0.15) is 4.31 Å². The first-order chi connectivity index (χ1) is 8.50. The fourth-order valence-corrected chi connectivity index (χ4v) is 2.53. The fourth-order valence-electron chi connectivity index (χ4n) is 1.18. The van der Waals surface area contributed by atoms with E-state index in [0.717, 1.165) is 10.4 Å². The molecule has 0 saturated heterocycles. The van der Waals surface area contributed by atoms with Crippen LogP contribution < -0.4 is 0 Å². The number of sulfonamides is 1. The van der Waals surface area contributed by atoms with Gasteiger partial charge in [0.05, 0.1) is 13.2 Å². The number of nitrogens with zero attached hydrogens (tertiary/aromatic N) is 2. The lowest BCUT2D eigenvalue weighted by Crippen LogP contribution is -2.31. The van der Waals surface area contributed by atoms with Crippen LogP contribution in [0.5, 0.6) is 0 Å². The van der Waals surface area contributed by atoms with Gasteiger partial charge < -0.3 is 4.74 Å². The predicted molar refractivity (Wildman–Crippen MR) is 68.6 cm³/mol. The lowest BCUT2D eigenvalue weighted by Gasteiger charge is -2.16. The van der Waals surface area contributed by atoms with Crippen LogP contribution in [0.1, 0.15) is 0 Å². The predicted octanol–water partition coefficient (Wildman–Crippen LogP) is 1.25. The molecule has 8 heteroatoms. The maximum absolute atomic E-state index is 13.4. The Bertz CT molecular complexity index is 484. The highest BCUT2D eigenvalue weighted by Crippen LogP contribution is 2.14. The molecule has 0 fully saturated rings. The third-order valence-electron chi connectivity index (χ3n) is 2.15. The van der Waals surface area contributed by atoms with E-state index in [2.05, 4.69) is 20.9 Å². The summed E-state index contributed by atoms with van der Waals surface area (Å²) in [5.74, 6) is -0.856. The van der Waals surface area contributed by atoms with Crippen molar-refractivity contribution in [3.8, 4) is 0 Å². The summed E-state index contributed by atoms with van der Waals surface area (Å²) in [4.78, 5) is 3.56. The van der Waals surface area contributed by atoms with E-state index in [1.165, 1.54) is 19.3 Å². The number of likely N-dealkylation sites (N-methyl/N-ethyl adjacent to an activating group) is 1. The maximum atomic E-state index is 13.4. The molecule has 1 aromatic rings. The Hall–Kier alpha value is -0.570. The van der Waals surface area contributed by atoms with E-state index < -0.39 is 20.9 Å². The number of hydrogen-bond acceptors (Lipinski definition) is 4. The van der Waals surface area contributed by atoms with Crippen LogP contribution in [0.4, 0.5) is 4.39 Å². The summed E-state index contributed by atoms with van der Waals surface area (Å²) in [5.41, 5.74) is 0. The first-order valence-corrected chi connectivity index (χ1v) is 7.77. The molecule has 0 aliphatic heterocycles. The summed E-state index contributed by atoms with van der Waals surface area (Å²) in [6.45, 7) is 0.882. The van der Waals surface area contributed by atoms with Crippen LogP contribution in [0, 0.1) is 5.82 Å². The number of hydrogen-bond donors (Lipinski definition) is 0. The lowest BCUT2D eigenvalue weighted by molar-refractivity contribution is 0.141. The van der Waals surface area contributed by atoms with Gasteiger partial charge in [0.15, 0.2) is 5.82 Å². The Kier molecular flexibility index (Phi) is 6.13. The molecule has 102 valence electrons. The molecule has 1 heterocycles. The van der Waals surface area contributed by atoms with Crippen molar-refractivity contribution in [1.82, 2.24) is 9.29 Å². The molecule has 0 atom stereocenters. The molecule has 0 aliphatic rings. The minimum absolute atomic E-state index is 0.144. The second-order valence-electron chi connectivity index (χ2n) is 3.42. The highest BCUT2D eigenvalue weighted by Gasteiger charge is 2.25. The largest absolute Gasteiger partial charge is 0.379 e. The van der Waals surface area contributed by atoms with Gasteiger partial charge in [0.1, 0.15) is 0 Å². The standard InChI is InChI=1S/C10H14BrFN2O3S/c1-14(6-8-17-7-4-11)18(15,16)10-9(12)3-2-5-13-10/h2-3,5H,4,6-8H2,1H3. The fraction of sp³-hybridized carbons (Fsp3) is 0.500. The molecule has 0 aromatic carbocycles. The molecule has 0 aliphatic carbocycles. The van der Waals surface area contributed by atoms with Gasteiger partial charge in [-0.15, -0.1) is 0 Å². The molecule has 5 nitrogen and oxygen atoms in total. The molecular formula is C10H14BrFN2O3S. The van der Waals surface area contributed by atoms with Crippen molar-refractivity contribution in [2.45, 2.75) is 5.03 Å². The van der Waals surface area contributed by atoms with Crippen LogP contribution in [0.25, 0.3) is 0 Å². The van der Waals surface area contributed by atoms with Crippen molar-refractivity contribution in [2.24, 2.45) is 0 Å². The van der Waals surface area contributed by atoms with E-state index in [1.54, 1.807) is 0 Å². The van der Waals surface area contributed by atoms with Crippen LogP contribution in [0.15, 0.2) is 23.4 Å². The van der Waals surface area contributed by atoms with E-state index in [4.69, 9.17) is 4.74 Å². The molecule has 0 radical (unpaired) electrons. The first kappa shape index (κ1) is 15.5. The van der Waals surface area contributed by atoms with Gasteiger partial charge in [0.25, 0.3) is 10.0 Å². The monoisotopic (exact) mass is 340 g/mol. The molecular weight excluding hydrogens is 327 g/mol. The third-order valence-corrected chi connectivity index (χ3v) is 4.27. The molecule has 0 saturated carbocycles. The summed E-state index contributed by atoms with van der Waals surface area (Å²) in [5, 5.41) is 0.117. The first-order valence-electron chi connectivity index (χ1n) is 5.20. The van der Waals surface area contributed by atoms with Crippen molar-refractivity contribution in [3.05, 3.63) is 24.1 Å². The number of aromatic nitrogens is 1. The highest BCUT2D eigenvalue weighted by molar-refractivity contribution is 9.09. The van der Waals surface area contributed by atoms with Crippen molar-refractivity contribution in [1.29, 1.82) is 0 Å². The van der Waals surface area contributed by atoms with Crippen LogP contribution in [-0.4, -0.2) is 49.8 Å². The smallest absolute Gasteiger partial charge is 0.263 e. The van der Waals surface area contributed by atoms with Gasteiger partial charge in [-0.05, 0) is 12.1 Å². The second kappa shape index (κ2) is 7.13. The summed E-state index contributed by atoms with van der Waals surface area (Å²) >= 11 is 3.19. The molecule has 0 N–H and O–H groups in total. The zero-order valence-electron chi connectivity index (χ0n) is 9.84. The van der Waals surface area contributed by atoms with Gasteiger partial charge in [-0.3, -0.25) is 0 Å². The molecule has 18 heavy (non-hydrogen) atoms. The summed E-state index contributed by atoms with van der Waals surface area (Å²) in [6.07, 6.45) is 1.24. The SMILES string of the molecule is CN(CCOCCBr)S(=O)(=O)c1ncccc1F. The Labute approximate surface area is 114 Å². The number of halogens is 2. The molecule has 1 rings (SSSR count). The molecule has 0 amide bonds. The quantitative estimate of drug-likeness (QED) is 0.553. The molecule has 1 aromatic heterocycles. The third kappa shape index (κ3) is 3.98. The van der Waals surface area contributed by atoms with Crippen molar-refractivity contribution >= 4 is 26.0 Å². The highest BCUT2D eigenvalue weighted by atomic mass is 79.9. The summed E-state index contributed by atoms with van der Waals surface area (Å²) in [6, 6.07) is 2.41. The summed E-state index contributed by atoms with van der Waals surface area (Å²) in [7, 11) is -2.54. The van der Waals surface area contributed by atoms with Crippen molar-refractivity contribution < 1.29 is 17.5 Å². The van der Waals surface area contributed by atoms with Gasteiger partial charge in [-0.25, -0.2) is 17.8 Å². The average Bonchev–Trinajstić information content (AvgIpc) is 2.34. The Morgan fingerprint density at radius 2 is 2.22 bits per heavy atom. The number of ether oxygens (including phenoxy) is 1. The Balaban J connectivity index is 2.72. The maximum Gasteiger partial charge on any atom is 0.263 e. The van der Waals surface area contributed by atoms with E-state index in [0.29, 0.717) is 11.9 Å². The molecule has 0 unspecified atom stereocenters. The van der Waals surface area contributed by atoms with Gasteiger partial charge in [-0.1, -0.05) is 15.9 Å². The second-order valence-corrected chi connectivity index (χ2v) is 6.17. The van der Waals surface area contributed by atoms with E-state index in [9.17, 15) is 12.8 Å². The summed E-state index contributed by atoms with van der Waals surface area (Å²) < 4.78 is 43.5. The average molecular weight is 341 g/mol. The van der Waals surface area contributed by atoms with Gasteiger partial charge in [0, 0.05) is 25.1 Å². The van der Waals surface area contributed by atoms with E-state index >= 15 is 0 Å². The topological polar surface area (TPSA) is 59.5 Å². The van der Waals surface area contributed by atoms with Crippen LogP contribution in [0.2, 0.25) is 0 Å². The number of rotatable bonds is 7. The minimum atomic E-state index is -3.90. The Morgan fingerprint density at radius 3 is 2.83 bits per heavy atom. The van der Waals surface area contributed by atoms with E-state index in [1.807, 2.05) is 0 Å². The van der Waals surface area contributed by atoms with Gasteiger partial charge in [0.2, 0.25) is 5.03 Å². The Morgan fingerprint density at radius 1 is 1.50 bits per heavy atom. The normalized spacial score (nSPS) is 12.0. The van der Waals surface area contributed by atoms with Crippen molar-refractivity contribution in [3.63, 3.8) is 0 Å². The zero-order chi connectivity index (χ0) is 13.6. The number of pyridine rings is 1. The van der Waals surface area contributed by atoms with Crippen LogP contribution >= 0.6 is 15.9 Å². The number of alkyl halides is 1. The van der Waals surface area contributed by atoms with Crippen molar-refractivity contribution in [2.75, 3.05) is 32.1 Å². The molecule has 0 spiro atoms. The molecule has 0 bridgehead atoms. The van der Waals surface area contributed by atoms with Gasteiger partial charge >= 0.3 is 0 Å². The van der Waals surface area contributed by atoms with Crippen LogP contribution in [-0.2, 0) is 14.8 Å². The minimum Gasteiger partial charge on any atom is -0.379 e. The van der Waals surface area contributed by atoms with Crippen LogP contribution in [0.3, 0.4) is 0 Å². The lowest BCUT2D eigenvalue weighted by atomic mass is 10.5. The zero-order valence-corrected chi connectivity index (χ0v) is 12.2.